The summed E-state index contributed by atoms with van der Waals surface area (Å²) in [6, 6.07) is 7.62. The van der Waals surface area contributed by atoms with Crippen LogP contribution in [-0.4, -0.2) is 252 Å². The molecule has 0 bridgehead atoms. The number of carboxylic acid groups (broad SMARTS) is 2. The first-order chi connectivity index (χ1) is 60.6. The molecule has 14 atom stereocenters. The molecule has 5 aliphatic heterocycles. The Labute approximate surface area is 765 Å². The fraction of sp³-hybridized carbons (Fsp3) is 0.529. The van der Waals surface area contributed by atoms with E-state index in [-0.39, 0.29) is 140 Å². The zero-order valence-electron chi connectivity index (χ0n) is 74.5. The number of terminal acetylenes is 4. The summed E-state index contributed by atoms with van der Waals surface area (Å²) in [7, 11) is 9.28. The van der Waals surface area contributed by atoms with E-state index in [0.29, 0.717) is 100 Å². The number of halogens is 2. The van der Waals surface area contributed by atoms with E-state index < -0.39 is 125 Å². The average Bonchev–Trinajstić information content (AvgIpc) is 1.66. The van der Waals surface area contributed by atoms with Crippen LogP contribution >= 0.6 is 24.8 Å². The lowest BCUT2D eigenvalue weighted by Gasteiger charge is -2.23. The number of aliphatic carboxylic acids is 1. The summed E-state index contributed by atoms with van der Waals surface area (Å²) in [5.41, 5.74) is 12.3. The van der Waals surface area contributed by atoms with Gasteiger partial charge in [-0.2, -0.15) is 0 Å². The SMILES string of the molecule is C#CC[C@H](C)C(=O)N[C@@H](C[C@@H]1CCNC1=O)C(=O)OC.C#CC[C@H](C)C(=O)O.C#CC[C@H](N)C(=O)N[C@@H](C[C@@H]1CCNC1=O)C(=O)OC.C#CC[C@H](NC(=O)c1cc2c(OC)cccc2[nH]1)C(=O)N[C@@H](C[C@@H]1CCNC1=O)C(=O)OC.COC(=O)[C@@H](N)C[C@@H]1CCNC1=O.COC(=O)[C@H](C[C@@H]1CCNC1=O)NC(=O)OC(C)(C)C.COc1cccc2[nH]c(C(=O)O)cc12.Cl.Cl. The second-order valence-corrected chi connectivity index (χ2v) is 30.6. The van der Waals surface area contributed by atoms with E-state index in [2.05, 4.69) is 106 Å². The molecule has 43 heteroatoms. The van der Waals surface area contributed by atoms with Crippen molar-refractivity contribution in [2.75, 3.05) is 82.5 Å². The van der Waals surface area contributed by atoms with Crippen molar-refractivity contribution in [1.29, 1.82) is 0 Å². The molecular weight excluding hydrogens is 1740 g/mol. The number of alkyl carbamates (subject to hydrolysis) is 1. The second kappa shape index (κ2) is 58.9. The highest BCUT2D eigenvalue weighted by Gasteiger charge is 2.38. The minimum absolute atomic E-state index is 0. The number of rotatable bonds is 32. The molecular formula is C87H120Cl2N14O27. The van der Waals surface area contributed by atoms with E-state index in [1.54, 1.807) is 78.1 Å². The highest BCUT2D eigenvalue weighted by atomic mass is 35.5. The number of carbonyl (C=O) groups excluding carboxylic acids is 15. The lowest BCUT2D eigenvalue weighted by Crippen LogP contribution is -2.52. The first kappa shape index (κ1) is 115. The third-order valence-electron chi connectivity index (χ3n) is 20.0. The summed E-state index contributed by atoms with van der Waals surface area (Å²) in [4.78, 5) is 203. The van der Waals surface area contributed by atoms with Crippen molar-refractivity contribution in [3.05, 3.63) is 59.9 Å². The Morgan fingerprint density at radius 2 is 0.762 bits per heavy atom. The Morgan fingerprint density at radius 1 is 0.431 bits per heavy atom. The summed E-state index contributed by atoms with van der Waals surface area (Å²) in [6.45, 7) is 11.4. The zero-order chi connectivity index (χ0) is 96.1. The van der Waals surface area contributed by atoms with Crippen molar-refractivity contribution < 1.29 is 130 Å². The maximum absolute atomic E-state index is 12.9. The van der Waals surface area contributed by atoms with Crippen LogP contribution in [0, 0.1) is 90.8 Å². The largest absolute Gasteiger partial charge is 0.496 e. The number of benzene rings is 2. The number of aromatic nitrogens is 2. The van der Waals surface area contributed by atoms with Crippen molar-refractivity contribution in [1.82, 2.24) is 63.1 Å². The lowest BCUT2D eigenvalue weighted by molar-refractivity contribution is -0.146. The third kappa shape index (κ3) is 38.7. The van der Waals surface area contributed by atoms with Crippen LogP contribution in [0.1, 0.15) is 145 Å². The van der Waals surface area contributed by atoms with Crippen LogP contribution in [-0.2, 0) is 95.5 Å². The number of aromatic amines is 2. The molecule has 18 N–H and O–H groups in total. The summed E-state index contributed by atoms with van der Waals surface area (Å²) in [5.74, 6) is 1.11. The molecule has 0 saturated carbocycles. The standard InChI is InChI=1S/C23H26N4O6.C14H20N2O4.C13H19N3O4.C13H22N2O5.C10H9NO3.C8H14N2O3.C6H8O2.2ClH/c1-4-6-16(21(29)27-18(23(31)33-3)11-13-9-10-24-20(13)28)26-22(30)17-12-14-15(25-17)7-5-8-19(14)32-2;1-4-5-9(2)12(17)16-11(14(19)20-3)8-10-6-7-15-13(10)18;1-3-4-9(14)12(18)16-10(13(19)20-2)7-8-5-6-15-11(8)17;1-13(2,3)20-12(18)15-9(11(17)19-4)7-8-5-6-14-10(8)16;1-14-9-4-2-3-7-6(9)5-8(11-7)10(12)13;1-13-8(12)6(9)4-5-2-3-10-7(5)11;1-3-4-5(2)6(7)8;;/h1,5,7-8,12-13,16,18,25H,6,9-11H2,2-3H3,(H,24,28)(H,26,30)(H,27,29);1,9-11H,5-8H2,2-3H3,(H,15,18)(H,16,17);1,8-10H,4-7,14H2,2H3,(H,15,17)(H,16,18);8-9H,5-7H2,1-4H3,(H,14,16)(H,15,18);2-5,11H,1H3,(H,12,13);5-6H,2-4,9H2,1H3,(H,10,11);1,5H,4H2,2H3,(H,7,8);2*1H/t13-,16-,18-;9-,10-,11-;8-,9-,10-;8-,9-;;5-,6-;5-;;/m0000.00../s1. The number of carbonyl (C=O) groups is 17. The van der Waals surface area contributed by atoms with Gasteiger partial charge in [0.25, 0.3) is 5.91 Å². The van der Waals surface area contributed by atoms with Gasteiger partial charge in [0, 0.05) is 116 Å². The third-order valence-corrected chi connectivity index (χ3v) is 20.0. The number of methoxy groups -OCH3 is 7. The van der Waals surface area contributed by atoms with Crippen LogP contribution in [0.2, 0.25) is 0 Å². The number of ether oxygens (including phenoxy) is 8. The summed E-state index contributed by atoms with van der Waals surface area (Å²) in [6.07, 6.45) is 24.7. The molecule has 0 unspecified atom stereocenters. The van der Waals surface area contributed by atoms with Gasteiger partial charge in [-0.25, -0.2) is 28.8 Å². The second-order valence-electron chi connectivity index (χ2n) is 30.6. The minimum atomic E-state index is -1.10. The molecule has 0 aliphatic carbocycles. The van der Waals surface area contributed by atoms with Gasteiger partial charge in [-0.3, -0.25) is 52.7 Å². The predicted molar refractivity (Wildman–Crippen MR) is 476 cm³/mol. The molecule has 0 spiro atoms. The fourth-order valence-electron chi connectivity index (χ4n) is 12.9. The van der Waals surface area contributed by atoms with Crippen LogP contribution in [0.15, 0.2) is 48.5 Å². The van der Waals surface area contributed by atoms with Gasteiger partial charge in [0.2, 0.25) is 47.3 Å². The number of hydrogen-bond donors (Lipinski definition) is 16. The number of hydrogen-bond acceptors (Lipinski definition) is 27. The molecule has 130 heavy (non-hydrogen) atoms. The van der Waals surface area contributed by atoms with Crippen LogP contribution in [0.25, 0.3) is 21.8 Å². The molecule has 2 aromatic carbocycles. The molecule has 4 aromatic rings. The highest BCUT2D eigenvalue weighted by Crippen LogP contribution is 2.29. The van der Waals surface area contributed by atoms with E-state index in [4.69, 9.17) is 66.3 Å². The van der Waals surface area contributed by atoms with Gasteiger partial charge < -0.3 is 123 Å². The topological polar surface area (TPSA) is 608 Å². The number of nitrogens with two attached hydrogens (primary N) is 2. The van der Waals surface area contributed by atoms with Gasteiger partial charge in [0.05, 0.1) is 61.7 Å². The number of carboxylic acids is 2. The van der Waals surface area contributed by atoms with Crippen LogP contribution in [0.5, 0.6) is 11.5 Å². The quantitative estimate of drug-likeness (QED) is 0.0188. The summed E-state index contributed by atoms with van der Waals surface area (Å²) < 4.78 is 38.7. The molecule has 2 aromatic heterocycles. The van der Waals surface area contributed by atoms with Crippen LogP contribution in [0.4, 0.5) is 4.79 Å². The van der Waals surface area contributed by atoms with Crippen LogP contribution < -0.4 is 74.1 Å². The first-order valence-electron chi connectivity index (χ1n) is 40.7. The monoisotopic (exact) mass is 1860 g/mol. The molecule has 714 valence electrons. The van der Waals surface area contributed by atoms with E-state index in [0.717, 1.165) is 17.3 Å². The van der Waals surface area contributed by atoms with Crippen molar-refractivity contribution in [3.8, 4) is 60.9 Å². The molecule has 5 aliphatic rings. The van der Waals surface area contributed by atoms with E-state index in [9.17, 15) is 81.5 Å². The number of nitrogens with one attached hydrogen (secondary N) is 12. The molecule has 9 rings (SSSR count). The van der Waals surface area contributed by atoms with Crippen molar-refractivity contribution in [2.24, 2.45) is 52.9 Å². The van der Waals surface area contributed by atoms with Gasteiger partial charge in [0.15, 0.2) is 0 Å². The van der Waals surface area contributed by atoms with Crippen molar-refractivity contribution in [2.45, 2.75) is 172 Å². The summed E-state index contributed by atoms with van der Waals surface area (Å²) in [5, 5.41) is 44.6. The number of H-pyrrole nitrogens is 2. The first-order valence-corrected chi connectivity index (χ1v) is 40.7. The predicted octanol–water partition coefficient (Wildman–Crippen LogP) is 1.87. The average molecular weight is 1860 g/mol. The van der Waals surface area contributed by atoms with Crippen molar-refractivity contribution >= 4 is 148 Å². The van der Waals surface area contributed by atoms with Gasteiger partial charge in [-0.05, 0) is 121 Å². The van der Waals surface area contributed by atoms with Crippen molar-refractivity contribution in [3.63, 3.8) is 0 Å². The molecule has 0 radical (unpaired) electrons. The van der Waals surface area contributed by atoms with E-state index in [1.807, 2.05) is 12.1 Å². The number of fused-ring (bicyclic) bond motifs is 2. The molecule has 5 saturated heterocycles. The Balaban J connectivity index is 0.000000783. The number of esters is 5. The van der Waals surface area contributed by atoms with Gasteiger partial charge in [0.1, 0.15) is 64.7 Å². The molecule has 5 fully saturated rings. The Morgan fingerprint density at radius 3 is 1.08 bits per heavy atom. The van der Waals surface area contributed by atoms with Gasteiger partial charge in [-0.1, -0.05) is 26.0 Å². The Bertz CT molecular complexity index is 4630. The van der Waals surface area contributed by atoms with Gasteiger partial charge >= 0.3 is 47.9 Å². The molecule has 41 nitrogen and oxygen atoms in total. The molecule has 7 heterocycles. The highest BCUT2D eigenvalue weighted by molar-refractivity contribution is 6.02. The Hall–Kier alpha value is -13.3. The number of amides is 10. The zero-order valence-corrected chi connectivity index (χ0v) is 76.2. The van der Waals surface area contributed by atoms with Crippen LogP contribution in [0.3, 0.4) is 0 Å². The maximum atomic E-state index is 12.9. The van der Waals surface area contributed by atoms with E-state index in [1.165, 1.54) is 42.7 Å². The molecule has 10 amide bonds. The summed E-state index contributed by atoms with van der Waals surface area (Å²) >= 11 is 0. The van der Waals surface area contributed by atoms with Gasteiger partial charge in [-0.15, -0.1) is 74.2 Å². The van der Waals surface area contributed by atoms with E-state index >= 15 is 0 Å². The fourth-order valence-corrected chi connectivity index (χ4v) is 12.9. The normalized spacial score (nSPS) is 17.9. The Kier molecular flexibility index (Phi) is 52.0. The maximum Gasteiger partial charge on any atom is 0.408 e. The smallest absolute Gasteiger partial charge is 0.408 e. The number of aromatic carboxylic acids is 1. The minimum Gasteiger partial charge on any atom is -0.496 e. The lowest BCUT2D eigenvalue weighted by atomic mass is 9.97.